The second-order valence-electron chi connectivity index (χ2n) is 2.15. The van der Waals surface area contributed by atoms with E-state index < -0.39 is 0 Å². The number of amides is 1. The molecule has 12 heavy (non-hydrogen) atoms. The predicted octanol–water partition coefficient (Wildman–Crippen LogP) is 1.95. The molecule has 0 aliphatic carbocycles. The van der Waals surface area contributed by atoms with Crippen LogP contribution in [0, 0.1) is 0 Å². The molecule has 1 N–H and O–H groups in total. The fraction of sp³-hybridized carbons (Fsp3) is 0.125. The zero-order chi connectivity index (χ0) is 8.81. The summed E-state index contributed by atoms with van der Waals surface area (Å²) in [4.78, 5) is 11.2. The minimum absolute atomic E-state index is 0.0582. The van der Waals surface area contributed by atoms with Crippen LogP contribution in [0.5, 0.6) is 0 Å². The van der Waals surface area contributed by atoms with Crippen molar-refractivity contribution < 1.29 is 4.79 Å². The molecule has 64 valence electrons. The van der Waals surface area contributed by atoms with Crippen LogP contribution in [0.1, 0.15) is 10.4 Å². The second-order valence-corrected chi connectivity index (χ2v) is 3.47. The Morgan fingerprint density at radius 1 is 1.42 bits per heavy atom. The van der Waals surface area contributed by atoms with E-state index in [0.29, 0.717) is 11.4 Å². The highest BCUT2D eigenvalue weighted by Gasteiger charge is 2.01. The summed E-state index contributed by atoms with van der Waals surface area (Å²) in [7, 11) is 1.29. The maximum Gasteiger partial charge on any atom is 0.251 e. The van der Waals surface area contributed by atoms with E-state index in [1.165, 1.54) is 10.8 Å². The molecule has 0 saturated heterocycles. The quantitative estimate of drug-likeness (QED) is 0.442. The van der Waals surface area contributed by atoms with Gasteiger partial charge in [0.15, 0.2) is 0 Å². The molecule has 0 spiro atoms. The highest BCUT2D eigenvalue weighted by atomic mass is 33.1. The van der Waals surface area contributed by atoms with Crippen LogP contribution in [-0.4, -0.2) is 11.8 Å². The van der Waals surface area contributed by atoms with Crippen molar-refractivity contribution in [1.29, 1.82) is 0 Å². The first-order valence-electron chi connectivity index (χ1n) is 3.44. The lowest BCUT2D eigenvalue weighted by Crippen LogP contribution is -2.21. The Morgan fingerprint density at radius 2 is 2.08 bits per heavy atom. The lowest BCUT2D eigenvalue weighted by molar-refractivity contribution is 0.0961. The lowest BCUT2D eigenvalue weighted by Gasteiger charge is -2.01. The summed E-state index contributed by atoms with van der Waals surface area (Å²) in [5, 5.41) is 2.70. The van der Waals surface area contributed by atoms with E-state index in [2.05, 4.69) is 17.0 Å². The average molecular weight is 199 g/mol. The van der Waals surface area contributed by atoms with E-state index >= 15 is 0 Å². The summed E-state index contributed by atoms with van der Waals surface area (Å²) in [5.74, 6) is 0.466. The Labute approximate surface area is 80.6 Å². The van der Waals surface area contributed by atoms with Crippen molar-refractivity contribution in [3.8, 4) is 0 Å². The Balaban J connectivity index is 2.54. The first-order valence-corrected chi connectivity index (χ1v) is 5.48. The number of hydrogen-bond donors (Lipinski definition) is 2. The van der Waals surface area contributed by atoms with Crippen molar-refractivity contribution in [2.45, 2.75) is 0 Å². The SMILES string of the molecule is O=C(NCSS)c1ccccc1. The summed E-state index contributed by atoms with van der Waals surface area (Å²) < 4.78 is 0. The summed E-state index contributed by atoms with van der Waals surface area (Å²) in [5.41, 5.74) is 0.680. The van der Waals surface area contributed by atoms with Gasteiger partial charge in [-0.05, 0) is 12.1 Å². The molecular formula is C8H9NOS2. The van der Waals surface area contributed by atoms with Gasteiger partial charge in [-0.3, -0.25) is 4.79 Å². The first-order chi connectivity index (χ1) is 5.84. The molecule has 0 unspecified atom stereocenters. The third-order valence-electron chi connectivity index (χ3n) is 1.33. The Hall–Kier alpha value is -0.610. The molecule has 1 aromatic carbocycles. The molecule has 0 aliphatic rings. The molecule has 0 aromatic heterocycles. The normalized spacial score (nSPS) is 9.42. The van der Waals surface area contributed by atoms with Crippen LogP contribution in [0.3, 0.4) is 0 Å². The molecule has 0 atom stereocenters. The summed E-state index contributed by atoms with van der Waals surface area (Å²) in [6.07, 6.45) is 0. The molecule has 0 fully saturated rings. The van der Waals surface area contributed by atoms with Crippen molar-refractivity contribution in [1.82, 2.24) is 5.32 Å². The monoisotopic (exact) mass is 199 g/mol. The number of hydrogen-bond acceptors (Lipinski definition) is 3. The van der Waals surface area contributed by atoms with E-state index in [9.17, 15) is 4.79 Å². The molecule has 0 saturated carbocycles. The minimum atomic E-state index is -0.0582. The zero-order valence-electron chi connectivity index (χ0n) is 6.36. The second kappa shape index (κ2) is 5.11. The number of carbonyl (C=O) groups is 1. The summed E-state index contributed by atoms with van der Waals surface area (Å²) in [6.45, 7) is 0. The van der Waals surface area contributed by atoms with Crippen molar-refractivity contribution in [2.24, 2.45) is 0 Å². The van der Waals surface area contributed by atoms with Gasteiger partial charge in [-0.25, -0.2) is 0 Å². The molecular weight excluding hydrogens is 190 g/mol. The molecule has 1 aromatic rings. The lowest BCUT2D eigenvalue weighted by atomic mass is 10.2. The molecule has 0 bridgehead atoms. The number of benzene rings is 1. The van der Waals surface area contributed by atoms with Crippen LogP contribution in [0.25, 0.3) is 0 Å². The van der Waals surface area contributed by atoms with Crippen LogP contribution in [0.15, 0.2) is 30.3 Å². The molecule has 2 nitrogen and oxygen atoms in total. The highest BCUT2D eigenvalue weighted by molar-refractivity contribution is 8.68. The van der Waals surface area contributed by atoms with Gasteiger partial charge in [0.2, 0.25) is 0 Å². The van der Waals surface area contributed by atoms with Crippen LogP contribution < -0.4 is 5.32 Å². The highest BCUT2D eigenvalue weighted by Crippen LogP contribution is 2.02. The molecule has 1 amide bonds. The van der Waals surface area contributed by atoms with Gasteiger partial charge in [-0.15, -0.1) is 11.7 Å². The number of rotatable bonds is 3. The summed E-state index contributed by atoms with van der Waals surface area (Å²) in [6, 6.07) is 9.10. The third kappa shape index (κ3) is 2.79. The van der Waals surface area contributed by atoms with Crippen LogP contribution in [-0.2, 0) is 0 Å². The van der Waals surface area contributed by atoms with Gasteiger partial charge in [-0.1, -0.05) is 29.0 Å². The van der Waals surface area contributed by atoms with Crippen LogP contribution >= 0.6 is 22.5 Å². The van der Waals surface area contributed by atoms with Gasteiger partial charge in [0.25, 0.3) is 5.91 Å². The van der Waals surface area contributed by atoms with Gasteiger partial charge < -0.3 is 5.32 Å². The zero-order valence-corrected chi connectivity index (χ0v) is 8.07. The van der Waals surface area contributed by atoms with Crippen molar-refractivity contribution in [2.75, 3.05) is 5.88 Å². The van der Waals surface area contributed by atoms with Gasteiger partial charge in [0.1, 0.15) is 0 Å². The number of nitrogens with one attached hydrogen (secondary N) is 1. The smallest absolute Gasteiger partial charge is 0.251 e. The van der Waals surface area contributed by atoms with Crippen molar-refractivity contribution in [3.63, 3.8) is 0 Å². The van der Waals surface area contributed by atoms with E-state index in [1.54, 1.807) is 12.1 Å². The molecule has 1 rings (SSSR count). The Bertz CT molecular complexity index is 250. The van der Waals surface area contributed by atoms with Crippen LogP contribution in [0.4, 0.5) is 0 Å². The molecule has 0 aliphatic heterocycles. The third-order valence-corrected chi connectivity index (χ3v) is 1.99. The summed E-state index contributed by atoms with van der Waals surface area (Å²) >= 11 is 3.91. The molecule has 0 heterocycles. The minimum Gasteiger partial charge on any atom is -0.342 e. The van der Waals surface area contributed by atoms with E-state index in [4.69, 9.17) is 0 Å². The topological polar surface area (TPSA) is 29.1 Å². The largest absolute Gasteiger partial charge is 0.342 e. The van der Waals surface area contributed by atoms with Gasteiger partial charge in [-0.2, -0.15) is 0 Å². The van der Waals surface area contributed by atoms with Gasteiger partial charge in [0, 0.05) is 5.56 Å². The average Bonchev–Trinajstić information content (AvgIpc) is 2.15. The standard InChI is InChI=1S/C8H9NOS2/c10-8(9-6-12-11)7-4-2-1-3-5-7/h1-5,11H,6H2,(H,9,10). The van der Waals surface area contributed by atoms with Gasteiger partial charge >= 0.3 is 0 Å². The van der Waals surface area contributed by atoms with Crippen molar-refractivity contribution >= 4 is 28.4 Å². The van der Waals surface area contributed by atoms with Crippen molar-refractivity contribution in [3.05, 3.63) is 35.9 Å². The fourth-order valence-electron chi connectivity index (χ4n) is 0.789. The van der Waals surface area contributed by atoms with E-state index in [1.807, 2.05) is 18.2 Å². The van der Waals surface area contributed by atoms with E-state index in [-0.39, 0.29) is 5.91 Å². The maximum absolute atomic E-state index is 11.2. The Morgan fingerprint density at radius 3 is 2.67 bits per heavy atom. The first kappa shape index (κ1) is 9.48. The fourth-order valence-corrected chi connectivity index (χ4v) is 1.18. The number of carbonyl (C=O) groups excluding carboxylic acids is 1. The molecule has 4 heteroatoms. The predicted molar refractivity (Wildman–Crippen MR) is 55.4 cm³/mol. The van der Waals surface area contributed by atoms with E-state index in [0.717, 1.165) is 0 Å². The molecule has 0 radical (unpaired) electrons. The van der Waals surface area contributed by atoms with Crippen LogP contribution in [0.2, 0.25) is 0 Å². The van der Waals surface area contributed by atoms with Gasteiger partial charge in [0.05, 0.1) is 5.88 Å². The Kier molecular flexibility index (Phi) is 4.04. The maximum atomic E-state index is 11.2. The number of thiol groups is 1.